The molecule has 0 bridgehead atoms. The Morgan fingerprint density at radius 2 is 1.77 bits per heavy atom. The van der Waals surface area contributed by atoms with Crippen LogP contribution in [-0.2, 0) is 19.2 Å². The van der Waals surface area contributed by atoms with Crippen molar-refractivity contribution in [1.82, 2.24) is 0 Å². The Balaban J connectivity index is 1.93. The van der Waals surface area contributed by atoms with Crippen molar-refractivity contribution < 1.29 is 39.3 Å². The molecular formula is C20H17I2NO8. The zero-order valence-electron chi connectivity index (χ0n) is 16.0. The Morgan fingerprint density at radius 3 is 2.35 bits per heavy atom. The molecule has 0 aliphatic heterocycles. The van der Waals surface area contributed by atoms with Crippen LogP contribution in [0.2, 0.25) is 0 Å². The molecule has 7 atom stereocenters. The summed E-state index contributed by atoms with van der Waals surface area (Å²) in [4.78, 5) is 63.8. The van der Waals surface area contributed by atoms with Crippen LogP contribution < -0.4 is 5.73 Å². The van der Waals surface area contributed by atoms with Crippen LogP contribution in [0, 0.1) is 30.8 Å². The summed E-state index contributed by atoms with van der Waals surface area (Å²) in [7, 11) is 0. The van der Waals surface area contributed by atoms with Gasteiger partial charge in [0.05, 0.1) is 21.2 Å². The molecule has 164 valence electrons. The topological polar surface area (TPSA) is 172 Å². The second kappa shape index (κ2) is 7.28. The number of fused-ring (bicyclic) bond motifs is 3. The van der Waals surface area contributed by atoms with E-state index in [1.165, 1.54) is 0 Å². The maximum atomic E-state index is 13.4. The quantitative estimate of drug-likeness (QED) is 0.244. The minimum atomic E-state index is -2.90. The van der Waals surface area contributed by atoms with Crippen molar-refractivity contribution in [3.05, 3.63) is 24.3 Å². The molecular weight excluding hydrogens is 636 g/mol. The van der Waals surface area contributed by atoms with Crippen molar-refractivity contribution in [2.45, 2.75) is 31.0 Å². The Morgan fingerprint density at radius 1 is 1.16 bits per heavy atom. The van der Waals surface area contributed by atoms with Gasteiger partial charge in [0.1, 0.15) is 5.75 Å². The van der Waals surface area contributed by atoms with E-state index in [0.717, 1.165) is 0 Å². The summed E-state index contributed by atoms with van der Waals surface area (Å²) in [5, 5.41) is 32.8. The molecule has 2 fully saturated rings. The van der Waals surface area contributed by atoms with Crippen LogP contribution in [-0.4, -0.2) is 56.1 Å². The van der Waals surface area contributed by atoms with E-state index in [2.05, 4.69) is 0 Å². The van der Waals surface area contributed by atoms with Gasteiger partial charge in [-0.2, -0.15) is 0 Å². The molecule has 1 aromatic carbocycles. The number of carbonyl (C=O) groups is 5. The van der Waals surface area contributed by atoms with Gasteiger partial charge in [-0.05, 0) is 62.7 Å². The standard InChI is InChI=1S/C20H17I2NO8/c1-4-9-6(21)3-7(22)15(26)12(9)16(27)13-10(4)14(25)5-2-8(24)11(19(23)30)17(28)20(5,31)18(13)29/h3-5,10-11,13-14,25-26,31H,2H2,1H3,(H2,23,30)/t4-,5+,10+,11?,13?,14+,20+/m0/s1. The second-order valence-electron chi connectivity index (χ2n) is 8.28. The van der Waals surface area contributed by atoms with Crippen molar-refractivity contribution >= 4 is 74.2 Å². The zero-order chi connectivity index (χ0) is 23.2. The largest absolute Gasteiger partial charge is 0.506 e. The molecule has 11 heteroatoms. The Hall–Kier alpha value is -1.45. The van der Waals surface area contributed by atoms with E-state index in [9.17, 15) is 39.3 Å². The molecule has 3 aliphatic rings. The van der Waals surface area contributed by atoms with Gasteiger partial charge in [0.15, 0.2) is 34.7 Å². The fourth-order valence-corrected chi connectivity index (χ4v) is 7.66. The SMILES string of the molecule is C[C@H]1c2c(I)cc(I)c(O)c2C(=O)C2C(=O)[C@]3(O)C(=O)C(C(N)=O)C(=O)C[C@@H]3[C@@H](O)[C@@H]21. The first-order chi connectivity index (χ1) is 14.3. The molecule has 9 nitrogen and oxygen atoms in total. The lowest BCUT2D eigenvalue weighted by Crippen LogP contribution is -2.72. The van der Waals surface area contributed by atoms with Crippen LogP contribution in [0.5, 0.6) is 5.75 Å². The average Bonchev–Trinajstić information content (AvgIpc) is 2.67. The number of aliphatic hydroxyl groups excluding tert-OH is 1. The Labute approximate surface area is 203 Å². The van der Waals surface area contributed by atoms with E-state index in [-0.39, 0.29) is 11.3 Å². The molecule has 0 heterocycles. The van der Waals surface area contributed by atoms with Crippen molar-refractivity contribution in [1.29, 1.82) is 0 Å². The van der Waals surface area contributed by atoms with E-state index in [0.29, 0.717) is 12.7 Å². The molecule has 0 spiro atoms. The highest BCUT2D eigenvalue weighted by Crippen LogP contribution is 2.54. The number of phenolic OH excluding ortho intramolecular Hbond substituents is 1. The van der Waals surface area contributed by atoms with Crippen LogP contribution in [0.3, 0.4) is 0 Å². The lowest BCUT2D eigenvalue weighted by atomic mass is 9.50. The van der Waals surface area contributed by atoms with Gasteiger partial charge < -0.3 is 21.1 Å². The summed E-state index contributed by atoms with van der Waals surface area (Å²) in [5.74, 6) is -12.7. The van der Waals surface area contributed by atoms with Gasteiger partial charge in [-0.1, -0.05) is 6.92 Å². The number of primary amides is 1. The third-order valence-corrected chi connectivity index (χ3v) is 8.57. The highest BCUT2D eigenvalue weighted by atomic mass is 127. The summed E-state index contributed by atoms with van der Waals surface area (Å²) in [6.45, 7) is 1.68. The van der Waals surface area contributed by atoms with Crippen LogP contribution in [0.25, 0.3) is 0 Å². The molecule has 4 rings (SSSR count). The lowest BCUT2D eigenvalue weighted by Gasteiger charge is -2.53. The smallest absolute Gasteiger partial charge is 0.235 e. The van der Waals surface area contributed by atoms with Crippen molar-refractivity contribution in [2.75, 3.05) is 0 Å². The van der Waals surface area contributed by atoms with Crippen LogP contribution >= 0.6 is 45.2 Å². The molecule has 0 radical (unpaired) electrons. The molecule has 0 aromatic heterocycles. The maximum absolute atomic E-state index is 13.4. The minimum absolute atomic E-state index is 0.0848. The normalized spacial score (nSPS) is 37.2. The predicted octanol–water partition coefficient (Wildman–Crippen LogP) is 0.0679. The number of Topliss-reactive ketones (excluding diaryl/α,β-unsaturated/α-hetero) is 4. The third-order valence-electron chi connectivity index (χ3n) is 6.86. The molecule has 2 unspecified atom stereocenters. The lowest BCUT2D eigenvalue weighted by molar-refractivity contribution is -0.189. The highest BCUT2D eigenvalue weighted by molar-refractivity contribution is 14.1. The number of aromatic hydroxyl groups is 1. The number of carbonyl (C=O) groups excluding carboxylic acids is 5. The first-order valence-electron chi connectivity index (χ1n) is 9.41. The monoisotopic (exact) mass is 653 g/mol. The number of aliphatic hydroxyl groups is 2. The van der Waals surface area contributed by atoms with Gasteiger partial charge in [-0.25, -0.2) is 0 Å². The number of hydrogen-bond acceptors (Lipinski definition) is 8. The fourth-order valence-electron chi connectivity index (χ4n) is 5.41. The van der Waals surface area contributed by atoms with Gasteiger partial charge >= 0.3 is 0 Å². The number of rotatable bonds is 1. The number of benzene rings is 1. The molecule has 5 N–H and O–H groups in total. The van der Waals surface area contributed by atoms with E-state index >= 15 is 0 Å². The van der Waals surface area contributed by atoms with Crippen molar-refractivity contribution in [3.8, 4) is 5.75 Å². The van der Waals surface area contributed by atoms with E-state index in [4.69, 9.17) is 5.73 Å². The predicted molar refractivity (Wildman–Crippen MR) is 120 cm³/mol. The van der Waals surface area contributed by atoms with E-state index < -0.39 is 76.8 Å². The molecule has 1 aromatic rings. The van der Waals surface area contributed by atoms with Crippen LogP contribution in [0.15, 0.2) is 6.07 Å². The van der Waals surface area contributed by atoms with Gasteiger partial charge in [-0.15, -0.1) is 0 Å². The first-order valence-corrected chi connectivity index (χ1v) is 11.6. The Bertz CT molecular complexity index is 1100. The highest BCUT2D eigenvalue weighted by Gasteiger charge is 2.70. The number of hydrogen-bond donors (Lipinski definition) is 4. The average molecular weight is 653 g/mol. The zero-order valence-corrected chi connectivity index (χ0v) is 20.3. The number of nitrogens with two attached hydrogens (primary N) is 1. The minimum Gasteiger partial charge on any atom is -0.506 e. The van der Waals surface area contributed by atoms with Gasteiger partial charge in [-0.3, -0.25) is 24.0 Å². The molecule has 31 heavy (non-hydrogen) atoms. The van der Waals surface area contributed by atoms with E-state index in [1.54, 1.807) is 13.0 Å². The Kier molecular flexibility index (Phi) is 5.34. The third kappa shape index (κ3) is 2.82. The number of halogens is 2. The number of phenols is 1. The van der Waals surface area contributed by atoms with Gasteiger partial charge in [0, 0.05) is 21.8 Å². The van der Waals surface area contributed by atoms with Crippen molar-refractivity contribution in [2.24, 2.45) is 29.4 Å². The molecule has 1 amide bonds. The summed E-state index contributed by atoms with van der Waals surface area (Å²) in [6, 6.07) is 1.66. The summed E-state index contributed by atoms with van der Waals surface area (Å²) in [6.07, 6.45) is -2.16. The molecule has 0 saturated heterocycles. The fraction of sp³-hybridized carbons (Fsp3) is 0.450. The van der Waals surface area contributed by atoms with Gasteiger partial charge in [0.25, 0.3) is 0 Å². The van der Waals surface area contributed by atoms with Crippen molar-refractivity contribution in [3.63, 3.8) is 0 Å². The summed E-state index contributed by atoms with van der Waals surface area (Å²) < 4.78 is 1.03. The number of amides is 1. The van der Waals surface area contributed by atoms with Crippen LogP contribution in [0.1, 0.15) is 35.2 Å². The number of ketones is 4. The van der Waals surface area contributed by atoms with E-state index in [1.807, 2.05) is 45.2 Å². The van der Waals surface area contributed by atoms with Gasteiger partial charge in [0.2, 0.25) is 5.91 Å². The first kappa shape index (κ1) is 22.7. The molecule has 2 saturated carbocycles. The maximum Gasteiger partial charge on any atom is 0.235 e. The summed E-state index contributed by atoms with van der Waals surface area (Å²) in [5.41, 5.74) is 2.62. The van der Waals surface area contributed by atoms with Crippen LogP contribution in [0.4, 0.5) is 0 Å². The summed E-state index contributed by atoms with van der Waals surface area (Å²) >= 11 is 3.84. The second-order valence-corrected chi connectivity index (χ2v) is 10.6. The molecule has 3 aliphatic carbocycles.